The van der Waals surface area contributed by atoms with Gasteiger partial charge in [-0.3, -0.25) is 19.4 Å². The zero-order valence-electron chi connectivity index (χ0n) is 20.1. The average Bonchev–Trinajstić information content (AvgIpc) is 3.62. The zero-order valence-corrected chi connectivity index (χ0v) is 20.1. The molecule has 38 heavy (non-hydrogen) atoms. The highest BCUT2D eigenvalue weighted by Gasteiger charge is 2.35. The third-order valence-corrected chi connectivity index (χ3v) is 6.34. The Morgan fingerprint density at radius 3 is 2.58 bits per heavy atom. The van der Waals surface area contributed by atoms with E-state index in [1.807, 2.05) is 30.3 Å². The summed E-state index contributed by atoms with van der Waals surface area (Å²) in [4.78, 5) is 47.4. The van der Waals surface area contributed by atoms with Crippen molar-refractivity contribution in [2.24, 2.45) is 5.92 Å². The van der Waals surface area contributed by atoms with Gasteiger partial charge >= 0.3 is 0 Å². The summed E-state index contributed by atoms with van der Waals surface area (Å²) in [5.41, 5.74) is 1.61. The van der Waals surface area contributed by atoms with Gasteiger partial charge in [-0.2, -0.15) is 19.9 Å². The Hall–Kier alpha value is -5.13. The van der Waals surface area contributed by atoms with Gasteiger partial charge in [0.1, 0.15) is 17.0 Å². The van der Waals surface area contributed by atoms with Crippen LogP contribution in [0.1, 0.15) is 12.1 Å². The van der Waals surface area contributed by atoms with E-state index in [1.165, 1.54) is 39.8 Å². The van der Waals surface area contributed by atoms with Gasteiger partial charge in [-0.15, -0.1) is 0 Å². The van der Waals surface area contributed by atoms with E-state index >= 15 is 0 Å². The summed E-state index contributed by atoms with van der Waals surface area (Å²) in [6.07, 6.45) is 1.45. The number of aryl methyl sites for hydroxylation is 1. The molecule has 4 heterocycles. The summed E-state index contributed by atoms with van der Waals surface area (Å²) in [5.74, 6) is -1.11. The van der Waals surface area contributed by atoms with Crippen LogP contribution in [0.2, 0.25) is 0 Å². The van der Waals surface area contributed by atoms with Crippen molar-refractivity contribution >= 4 is 34.4 Å². The summed E-state index contributed by atoms with van der Waals surface area (Å²) >= 11 is 0. The maximum atomic E-state index is 13.4. The van der Waals surface area contributed by atoms with Gasteiger partial charge < -0.3 is 10.2 Å². The van der Waals surface area contributed by atoms with Gasteiger partial charge in [0.2, 0.25) is 17.8 Å². The number of halogens is 1. The van der Waals surface area contributed by atoms with Gasteiger partial charge in [-0.05, 0) is 43.3 Å². The smallest absolute Gasteiger partial charge is 0.263 e. The highest BCUT2D eigenvalue weighted by molar-refractivity contribution is 6.03. The number of hydrogen-bond donors (Lipinski definition) is 2. The molecule has 2 N–H and O–H groups in total. The van der Waals surface area contributed by atoms with Crippen molar-refractivity contribution in [1.29, 1.82) is 0 Å². The number of benzene rings is 2. The Balaban J connectivity index is 1.31. The molecule has 0 saturated carbocycles. The first-order chi connectivity index (χ1) is 18.4. The van der Waals surface area contributed by atoms with Crippen LogP contribution in [0, 0.1) is 18.7 Å². The van der Waals surface area contributed by atoms with Crippen LogP contribution < -0.4 is 15.8 Å². The minimum absolute atomic E-state index is 0.0585. The quantitative estimate of drug-likeness (QED) is 0.372. The number of rotatable bonds is 5. The van der Waals surface area contributed by atoms with Crippen LogP contribution in [0.5, 0.6) is 0 Å². The number of nitrogens with one attached hydrogen (secondary N) is 2. The second-order valence-electron chi connectivity index (χ2n) is 8.97. The van der Waals surface area contributed by atoms with E-state index in [4.69, 9.17) is 0 Å². The molecule has 12 heteroatoms. The molecule has 6 rings (SSSR count). The Morgan fingerprint density at radius 2 is 1.82 bits per heavy atom. The third kappa shape index (κ3) is 4.11. The number of hydrogen-bond acceptors (Lipinski definition) is 6. The number of nitrogens with zero attached hydrogens (tertiary/aromatic N) is 6. The van der Waals surface area contributed by atoms with Crippen LogP contribution in [0.25, 0.3) is 22.7 Å². The second-order valence-corrected chi connectivity index (χ2v) is 8.97. The van der Waals surface area contributed by atoms with Gasteiger partial charge in [0.05, 0.1) is 23.5 Å². The average molecular weight is 513 g/mol. The van der Waals surface area contributed by atoms with Gasteiger partial charge in [0.15, 0.2) is 5.65 Å². The van der Waals surface area contributed by atoms with Crippen molar-refractivity contribution in [3.8, 4) is 11.6 Å². The molecule has 1 aliphatic rings. The van der Waals surface area contributed by atoms with Crippen LogP contribution in [-0.4, -0.2) is 47.9 Å². The molecule has 1 saturated heterocycles. The number of carbonyl (C=O) groups excluding carboxylic acids is 2. The molecule has 11 nitrogen and oxygen atoms in total. The first-order valence-corrected chi connectivity index (χ1v) is 11.8. The zero-order chi connectivity index (χ0) is 26.4. The summed E-state index contributed by atoms with van der Waals surface area (Å²) in [7, 11) is 0. The van der Waals surface area contributed by atoms with Crippen molar-refractivity contribution in [2.45, 2.75) is 13.3 Å². The van der Waals surface area contributed by atoms with E-state index in [1.54, 1.807) is 17.9 Å². The second kappa shape index (κ2) is 9.07. The van der Waals surface area contributed by atoms with Crippen LogP contribution in [0.3, 0.4) is 0 Å². The fourth-order valence-corrected chi connectivity index (χ4v) is 4.50. The van der Waals surface area contributed by atoms with Crippen LogP contribution in [0.4, 0.5) is 15.9 Å². The van der Waals surface area contributed by atoms with Gasteiger partial charge in [-0.1, -0.05) is 18.2 Å². The van der Waals surface area contributed by atoms with Crippen LogP contribution in [0.15, 0.2) is 71.7 Å². The van der Waals surface area contributed by atoms with Crippen molar-refractivity contribution in [3.63, 3.8) is 0 Å². The van der Waals surface area contributed by atoms with E-state index in [-0.39, 0.29) is 47.6 Å². The Kier molecular flexibility index (Phi) is 5.56. The van der Waals surface area contributed by atoms with Crippen molar-refractivity contribution in [2.75, 3.05) is 16.8 Å². The molecular weight excluding hydrogens is 491 g/mol. The number of aromatic nitrogens is 6. The summed E-state index contributed by atoms with van der Waals surface area (Å²) in [6, 6.07) is 16.4. The molecule has 190 valence electrons. The molecule has 1 fully saturated rings. The fraction of sp³-hybridized carbons (Fsp3) is 0.154. The first kappa shape index (κ1) is 23.3. The van der Waals surface area contributed by atoms with Gasteiger partial charge in [0, 0.05) is 24.7 Å². The topological polar surface area (TPSA) is 131 Å². The lowest BCUT2D eigenvalue weighted by Crippen LogP contribution is -2.28. The van der Waals surface area contributed by atoms with Gasteiger partial charge in [-0.25, -0.2) is 9.07 Å². The third-order valence-electron chi connectivity index (χ3n) is 6.34. The first-order valence-electron chi connectivity index (χ1n) is 11.8. The number of fused-ring (bicyclic) bond motifs is 1. The molecule has 0 aliphatic carbocycles. The normalized spacial score (nSPS) is 15.4. The van der Waals surface area contributed by atoms with E-state index in [0.717, 1.165) is 5.69 Å². The van der Waals surface area contributed by atoms with Crippen LogP contribution in [-0.2, 0) is 9.59 Å². The van der Waals surface area contributed by atoms with Gasteiger partial charge in [0.25, 0.3) is 5.56 Å². The molecule has 1 aliphatic heterocycles. The Bertz CT molecular complexity index is 1740. The standard InChI is InChI=1S/C26H21FN8O3/c1-15-11-21(29-24(37)16-12-22(36)33(14-16)18-5-3-2-4-6-18)35(32-15)26-30-23-20(25(38)31-26)13-28-34(23)19-9-7-17(27)8-10-19/h2-11,13,16H,12,14H2,1H3,(H,29,37)(H,30,31,38). The molecule has 1 atom stereocenters. The summed E-state index contributed by atoms with van der Waals surface area (Å²) in [5, 5.41) is 11.7. The lowest BCUT2D eigenvalue weighted by atomic mass is 10.1. The molecule has 0 radical (unpaired) electrons. The SMILES string of the molecule is Cc1cc(NC(=O)C2CC(=O)N(c3ccccc3)C2)n(-c2nc3c(cnn3-c3ccc(F)cc3)c(=O)[nH]2)n1. The van der Waals surface area contributed by atoms with Crippen molar-refractivity contribution in [3.05, 3.63) is 88.7 Å². The Labute approximate surface area is 214 Å². The molecule has 0 bridgehead atoms. The Morgan fingerprint density at radius 1 is 1.05 bits per heavy atom. The predicted molar refractivity (Wildman–Crippen MR) is 137 cm³/mol. The summed E-state index contributed by atoms with van der Waals surface area (Å²) < 4.78 is 16.2. The number of aromatic amines is 1. The predicted octanol–water partition coefficient (Wildman–Crippen LogP) is 2.73. The fourth-order valence-electron chi connectivity index (χ4n) is 4.50. The molecule has 3 aromatic heterocycles. The largest absolute Gasteiger partial charge is 0.312 e. The van der Waals surface area contributed by atoms with Crippen molar-refractivity contribution < 1.29 is 14.0 Å². The monoisotopic (exact) mass is 512 g/mol. The molecular formula is C26H21FN8O3. The molecule has 1 unspecified atom stereocenters. The number of anilines is 2. The van der Waals surface area contributed by atoms with E-state index in [0.29, 0.717) is 11.4 Å². The minimum Gasteiger partial charge on any atom is -0.312 e. The summed E-state index contributed by atoms with van der Waals surface area (Å²) in [6.45, 7) is 1.99. The number of carbonyl (C=O) groups is 2. The lowest BCUT2D eigenvalue weighted by molar-refractivity contribution is -0.122. The maximum Gasteiger partial charge on any atom is 0.263 e. The minimum atomic E-state index is -0.569. The van der Waals surface area contributed by atoms with E-state index in [9.17, 15) is 18.8 Å². The maximum absolute atomic E-state index is 13.4. The van der Waals surface area contributed by atoms with E-state index in [2.05, 4.69) is 25.5 Å². The molecule has 2 amide bonds. The molecule has 2 aromatic carbocycles. The number of H-pyrrole nitrogens is 1. The van der Waals surface area contributed by atoms with Crippen LogP contribution >= 0.6 is 0 Å². The molecule has 0 spiro atoms. The lowest BCUT2D eigenvalue weighted by Gasteiger charge is -2.16. The van der Waals surface area contributed by atoms with E-state index < -0.39 is 17.3 Å². The number of amides is 2. The number of para-hydroxylation sites is 1. The molecule has 5 aromatic rings. The highest BCUT2D eigenvalue weighted by atomic mass is 19.1. The van der Waals surface area contributed by atoms with Crippen molar-refractivity contribution in [1.82, 2.24) is 29.5 Å². The highest BCUT2D eigenvalue weighted by Crippen LogP contribution is 2.26.